The molecule has 0 fully saturated rings. The Morgan fingerprint density at radius 3 is 1.56 bits per heavy atom. The van der Waals surface area contributed by atoms with E-state index in [1.165, 1.54) is 9.79 Å². The fourth-order valence-corrected chi connectivity index (χ4v) is 3.79. The molecule has 0 unspecified atom stereocenters. The number of halogens is 6. The molecule has 0 spiro atoms. The van der Waals surface area contributed by atoms with Crippen molar-refractivity contribution >= 4 is 25.4 Å². The van der Waals surface area contributed by atoms with Crippen molar-refractivity contribution < 1.29 is 30.0 Å². The maximum absolute atomic E-state index is 10.7. The van der Waals surface area contributed by atoms with Crippen LogP contribution in [0.3, 0.4) is 0 Å². The summed E-state index contributed by atoms with van der Waals surface area (Å²) < 4.78 is 59.2. The molecule has 0 radical (unpaired) electrons. The zero-order valence-corrected chi connectivity index (χ0v) is 19.2. The quantitative estimate of drug-likeness (QED) is 0.113. The van der Waals surface area contributed by atoms with Crippen molar-refractivity contribution in [1.82, 2.24) is 0 Å². The van der Waals surface area contributed by atoms with Crippen LogP contribution in [0.1, 0.15) is 11.1 Å². The van der Waals surface area contributed by atoms with Gasteiger partial charge >= 0.3 is 38.8 Å². The Balaban J connectivity index is 0.000000406. The zero-order valence-electron chi connectivity index (χ0n) is 17.5. The predicted molar refractivity (Wildman–Crippen MR) is 128 cm³/mol. The summed E-state index contributed by atoms with van der Waals surface area (Å²) in [6.07, 6.45) is 0. The van der Waals surface area contributed by atoms with Gasteiger partial charge in [0.25, 0.3) is 0 Å². The molecule has 4 rings (SSSR count). The van der Waals surface area contributed by atoms with E-state index in [9.17, 15) is 30.0 Å². The third kappa shape index (κ3) is 9.41. The molecule has 4 aromatic rings. The van der Waals surface area contributed by atoms with E-state index in [0.29, 0.717) is 5.78 Å². The first kappa shape index (κ1) is 25.5. The van der Waals surface area contributed by atoms with Crippen LogP contribution in [0.4, 0.5) is 25.2 Å². The molecule has 4 aromatic carbocycles. The first-order valence-corrected chi connectivity index (χ1v) is 12.7. The molecule has 0 aliphatic rings. The van der Waals surface area contributed by atoms with Gasteiger partial charge in [-0.25, -0.2) is 0 Å². The van der Waals surface area contributed by atoms with Crippen molar-refractivity contribution in [2.45, 2.75) is 9.79 Å². The molecule has 34 heavy (non-hydrogen) atoms. The van der Waals surface area contributed by atoms with E-state index in [-0.39, 0.29) is 0 Å². The van der Waals surface area contributed by atoms with Crippen molar-refractivity contribution in [3.05, 3.63) is 120 Å². The fourth-order valence-electron chi connectivity index (χ4n) is 2.95. The van der Waals surface area contributed by atoms with Gasteiger partial charge in [-0.1, -0.05) is 72.4 Å². The van der Waals surface area contributed by atoms with Crippen LogP contribution in [0.15, 0.2) is 119 Å². The normalized spacial score (nSPS) is 13.1. The summed E-state index contributed by atoms with van der Waals surface area (Å²) in [4.78, 5) is 13.0. The molecule has 0 heterocycles. The minimum Gasteiger partial charge on any atom is -0.273 e. The van der Waals surface area contributed by atoms with Crippen LogP contribution in [0.2, 0.25) is 0 Å². The molecule has 0 saturated heterocycles. The van der Waals surface area contributed by atoms with E-state index in [0.717, 1.165) is 22.3 Å². The van der Waals surface area contributed by atoms with Crippen LogP contribution in [0.25, 0.3) is 11.1 Å². The number of rotatable bonds is 5. The van der Waals surface area contributed by atoms with Crippen LogP contribution < -0.4 is 0 Å². The number of hydrogen-bond acceptors (Lipinski definition) is 1. The topological polar surface area (TPSA) is 21.4 Å². The average molecular weight is 512 g/mol. The standard InChI is InChI=1S/C25H18OS.F6P/c26-25(20-8-3-1-4-9-20)22-11-7-10-21(18-22)19-14-16-24(17-15-19)27-23-12-5-2-6-13-23;1-7(2,3,4,5)6/h1-18H;/q;-1/p+1. The second kappa shape index (κ2) is 9.28. The molecular formula is C25H19F6OPS. The van der Waals surface area contributed by atoms with Crippen molar-refractivity contribution in [2.24, 2.45) is 0 Å². The summed E-state index contributed by atoms with van der Waals surface area (Å²) in [6, 6.07) is 36.6. The van der Waals surface area contributed by atoms with Gasteiger partial charge < -0.3 is 0 Å². The smallest absolute Gasteiger partial charge is 0.273 e. The Morgan fingerprint density at radius 1 is 0.529 bits per heavy atom. The van der Waals surface area contributed by atoms with E-state index in [2.05, 4.69) is 54.6 Å². The summed E-state index contributed by atoms with van der Waals surface area (Å²) in [7, 11) is -10.7. The van der Waals surface area contributed by atoms with Crippen LogP contribution in [0.5, 0.6) is 0 Å². The molecule has 0 aromatic heterocycles. The molecular weight excluding hydrogens is 493 g/mol. The van der Waals surface area contributed by atoms with E-state index >= 15 is 0 Å². The Labute approximate surface area is 196 Å². The van der Waals surface area contributed by atoms with Gasteiger partial charge in [0.15, 0.2) is 0 Å². The monoisotopic (exact) mass is 512 g/mol. The van der Waals surface area contributed by atoms with Gasteiger partial charge in [-0.05, 0) is 59.7 Å². The Morgan fingerprint density at radius 2 is 1.00 bits per heavy atom. The largest absolute Gasteiger partial charge is 0.354 e. The average Bonchev–Trinajstić information content (AvgIpc) is 2.78. The molecule has 0 saturated carbocycles. The third-order valence-electron chi connectivity index (χ3n) is 4.35. The minimum atomic E-state index is -10.7. The second-order valence-electron chi connectivity index (χ2n) is 7.19. The van der Waals surface area contributed by atoms with Crippen molar-refractivity contribution in [3.63, 3.8) is 0 Å². The Bertz CT molecular complexity index is 1250. The summed E-state index contributed by atoms with van der Waals surface area (Å²) in [5, 5.41) is 0. The van der Waals surface area contributed by atoms with Gasteiger partial charge in [0.05, 0.1) is 11.1 Å². The number of ketones is 1. The summed E-state index contributed by atoms with van der Waals surface area (Å²) >= 11 is 1.75. The number of carbonyl (C=O) groups excluding carboxylic acids is 1. The van der Waals surface area contributed by atoms with Crippen LogP contribution in [0, 0.1) is 0 Å². The zero-order chi connectivity index (χ0) is 24.9. The van der Waals surface area contributed by atoms with Gasteiger partial charge in [-0.2, -0.15) is 0 Å². The second-order valence-corrected chi connectivity index (χ2v) is 10.3. The molecule has 0 atom stereocenters. The van der Waals surface area contributed by atoms with E-state index in [1.807, 2.05) is 54.6 Å². The molecule has 0 aliphatic heterocycles. The maximum atomic E-state index is 10.6. The van der Waals surface area contributed by atoms with Crippen LogP contribution >= 0.6 is 19.6 Å². The first-order valence-electron chi connectivity index (χ1n) is 9.86. The molecule has 0 aliphatic carbocycles. The summed E-state index contributed by atoms with van der Waals surface area (Å²) in [5.41, 5.74) is 3.87. The summed E-state index contributed by atoms with van der Waals surface area (Å²) in [5.74, 6) is 0.300. The minimum absolute atomic E-state index is 0.300. The molecule has 0 bridgehead atoms. The predicted octanol–water partition coefficient (Wildman–Crippen LogP) is 9.83. The molecule has 0 amide bonds. The van der Waals surface area contributed by atoms with E-state index in [4.69, 9.17) is 0 Å². The summed E-state index contributed by atoms with van der Waals surface area (Å²) in [6.45, 7) is 0. The SMILES string of the molecule is F[P-](F)(F)(F)(F)F.[OH+]=C(c1ccccc1)c1cccc(-c2ccc(Sc3ccccc3)cc2)c1. The number of hydrogen-bond donors (Lipinski definition) is 0. The third-order valence-corrected chi connectivity index (χ3v) is 5.37. The van der Waals surface area contributed by atoms with Crippen LogP contribution in [-0.2, 0) is 0 Å². The van der Waals surface area contributed by atoms with E-state index in [1.54, 1.807) is 11.8 Å². The van der Waals surface area contributed by atoms with Crippen molar-refractivity contribution in [1.29, 1.82) is 0 Å². The number of benzene rings is 4. The van der Waals surface area contributed by atoms with Gasteiger partial charge in [0.1, 0.15) is 0 Å². The van der Waals surface area contributed by atoms with Crippen molar-refractivity contribution in [2.75, 3.05) is 0 Å². The van der Waals surface area contributed by atoms with Gasteiger partial charge in [0.2, 0.25) is 0 Å². The molecule has 1 N–H and O–H groups in total. The van der Waals surface area contributed by atoms with Crippen LogP contribution in [-0.4, -0.2) is 10.6 Å². The van der Waals surface area contributed by atoms with Gasteiger partial charge in [0, 0.05) is 9.79 Å². The van der Waals surface area contributed by atoms with Gasteiger partial charge in [-0.15, -0.1) is 0 Å². The van der Waals surface area contributed by atoms with E-state index < -0.39 is 7.81 Å². The van der Waals surface area contributed by atoms with Gasteiger partial charge in [-0.3, -0.25) is 4.79 Å². The Hall–Kier alpha value is -3.09. The first-order chi connectivity index (χ1) is 15.7. The molecule has 1 nitrogen and oxygen atoms in total. The molecule has 178 valence electrons. The maximum Gasteiger partial charge on any atom is 0.354 e. The fraction of sp³-hybridized carbons (Fsp3) is 0. The molecule has 9 heteroatoms. The van der Waals surface area contributed by atoms with Crippen molar-refractivity contribution in [3.8, 4) is 11.1 Å². The Kier molecular flexibility index (Phi) is 6.97.